The monoisotopic (exact) mass is 550 g/mol. The zero-order chi connectivity index (χ0) is 24.0. The number of aryl methyl sites for hydroxylation is 2. The number of nitrogens with zero attached hydrogens (tertiary/aromatic N) is 3. The summed E-state index contributed by atoms with van der Waals surface area (Å²) in [5, 5.41) is 4.98. The van der Waals surface area contributed by atoms with Gasteiger partial charge in [0.05, 0.1) is 17.8 Å². The van der Waals surface area contributed by atoms with E-state index in [0.29, 0.717) is 5.11 Å². The molecule has 1 aliphatic rings. The van der Waals surface area contributed by atoms with E-state index >= 15 is 0 Å². The van der Waals surface area contributed by atoms with Gasteiger partial charge in [0.15, 0.2) is 5.11 Å². The van der Waals surface area contributed by atoms with Crippen LogP contribution >= 0.6 is 39.7 Å². The van der Waals surface area contributed by atoms with Crippen LogP contribution in [0.15, 0.2) is 77.4 Å². The fourth-order valence-corrected chi connectivity index (χ4v) is 5.52. The van der Waals surface area contributed by atoms with Crippen molar-refractivity contribution in [2.24, 2.45) is 0 Å². The molecule has 0 unspecified atom stereocenters. The topological polar surface area (TPSA) is 33.1 Å². The average molecular weight is 552 g/mol. The predicted octanol–water partition coefficient (Wildman–Crippen LogP) is 7.39. The molecule has 2 aromatic carbocycles. The summed E-state index contributed by atoms with van der Waals surface area (Å²) in [6, 6.07) is 22.4. The molecule has 1 aliphatic heterocycles. The van der Waals surface area contributed by atoms with Crippen LogP contribution in [0.4, 0.5) is 5.69 Å². The maximum absolute atomic E-state index is 6.15. The lowest BCUT2D eigenvalue weighted by molar-refractivity contribution is 0.565. The Morgan fingerprint density at radius 3 is 2.38 bits per heavy atom. The van der Waals surface area contributed by atoms with E-state index in [1.807, 2.05) is 30.5 Å². The molecule has 1 saturated heterocycles. The van der Waals surface area contributed by atoms with Crippen LogP contribution in [0.25, 0.3) is 5.69 Å². The molecule has 2 atom stereocenters. The van der Waals surface area contributed by atoms with E-state index in [1.54, 1.807) is 0 Å². The first kappa shape index (κ1) is 23.1. The molecule has 0 aliphatic carbocycles. The van der Waals surface area contributed by atoms with E-state index < -0.39 is 0 Å². The number of hydrogen-bond acceptors (Lipinski definition) is 2. The van der Waals surface area contributed by atoms with Gasteiger partial charge in [-0.05, 0) is 105 Å². The van der Waals surface area contributed by atoms with Gasteiger partial charge >= 0.3 is 0 Å². The Morgan fingerprint density at radius 2 is 1.71 bits per heavy atom. The number of halogens is 2. The lowest BCUT2D eigenvalue weighted by Gasteiger charge is -2.28. The molecular weight excluding hydrogens is 528 g/mol. The Labute approximate surface area is 218 Å². The summed E-state index contributed by atoms with van der Waals surface area (Å²) < 4.78 is 3.35. The molecule has 0 spiro atoms. The lowest BCUT2D eigenvalue weighted by Crippen LogP contribution is -2.29. The number of benzene rings is 2. The Morgan fingerprint density at radius 1 is 0.971 bits per heavy atom. The summed E-state index contributed by atoms with van der Waals surface area (Å²) in [6.45, 7) is 6.40. The van der Waals surface area contributed by atoms with Crippen molar-refractivity contribution in [1.29, 1.82) is 0 Å². The molecule has 1 N–H and O–H groups in total. The van der Waals surface area contributed by atoms with Crippen LogP contribution in [0, 0.1) is 20.8 Å². The first-order chi connectivity index (χ1) is 16.3. The summed E-state index contributed by atoms with van der Waals surface area (Å²) in [4.78, 5) is 6.90. The van der Waals surface area contributed by atoms with Crippen LogP contribution < -0.4 is 10.2 Å². The SMILES string of the molecule is Cc1cc(N2C(=S)N[C@@H](c3ccccn3)[C@@H]2c2cc(C)n(-c3ccc(Cl)cc3)c2C)ccc1Br. The highest BCUT2D eigenvalue weighted by atomic mass is 79.9. The summed E-state index contributed by atoms with van der Waals surface area (Å²) in [5.41, 5.74) is 7.78. The number of hydrogen-bond donors (Lipinski definition) is 1. The minimum absolute atomic E-state index is 0.0600. The number of pyridine rings is 1. The zero-order valence-electron chi connectivity index (χ0n) is 19.1. The molecule has 0 radical (unpaired) electrons. The van der Waals surface area contributed by atoms with Gasteiger partial charge in [0, 0.05) is 38.5 Å². The van der Waals surface area contributed by atoms with E-state index in [2.05, 4.69) is 98.9 Å². The molecule has 0 bridgehead atoms. The smallest absolute Gasteiger partial charge is 0.174 e. The van der Waals surface area contributed by atoms with E-state index in [4.69, 9.17) is 23.8 Å². The third kappa shape index (κ3) is 4.04. The molecule has 4 aromatic rings. The van der Waals surface area contributed by atoms with Crippen molar-refractivity contribution < 1.29 is 0 Å². The van der Waals surface area contributed by atoms with Crippen molar-refractivity contribution in [3.05, 3.63) is 111 Å². The second-order valence-electron chi connectivity index (χ2n) is 8.57. The molecule has 4 nitrogen and oxygen atoms in total. The second-order valence-corrected chi connectivity index (χ2v) is 10.2. The van der Waals surface area contributed by atoms with Crippen LogP contribution in [0.1, 0.15) is 40.3 Å². The normalized spacial score (nSPS) is 17.8. The minimum atomic E-state index is -0.0863. The van der Waals surface area contributed by atoms with Crippen molar-refractivity contribution in [1.82, 2.24) is 14.9 Å². The summed E-state index contributed by atoms with van der Waals surface area (Å²) in [6.07, 6.45) is 1.83. The van der Waals surface area contributed by atoms with Gasteiger partial charge in [-0.2, -0.15) is 0 Å². The van der Waals surface area contributed by atoms with Crippen molar-refractivity contribution in [3.63, 3.8) is 0 Å². The number of aromatic nitrogens is 2. The molecular formula is C27H24BrClN4S. The highest BCUT2D eigenvalue weighted by Crippen LogP contribution is 2.44. The van der Waals surface area contributed by atoms with Gasteiger partial charge in [0.1, 0.15) is 0 Å². The Bertz CT molecular complexity index is 1370. The molecule has 0 saturated carbocycles. The number of nitrogens with one attached hydrogen (secondary N) is 1. The van der Waals surface area contributed by atoms with E-state index in [0.717, 1.165) is 43.5 Å². The summed E-state index contributed by atoms with van der Waals surface area (Å²) in [7, 11) is 0. The van der Waals surface area contributed by atoms with E-state index in [9.17, 15) is 0 Å². The Hall–Kier alpha value is -2.67. The first-order valence-corrected chi connectivity index (χ1v) is 12.6. The molecule has 1 fully saturated rings. The fourth-order valence-electron chi connectivity index (χ4n) is 4.80. The van der Waals surface area contributed by atoms with Crippen LogP contribution in [0.2, 0.25) is 5.02 Å². The van der Waals surface area contributed by atoms with Crippen molar-refractivity contribution in [2.45, 2.75) is 32.9 Å². The van der Waals surface area contributed by atoms with Crippen molar-refractivity contribution in [2.75, 3.05) is 4.90 Å². The van der Waals surface area contributed by atoms with Crippen LogP contribution in [0.3, 0.4) is 0 Å². The maximum atomic E-state index is 6.15. The van der Waals surface area contributed by atoms with Gasteiger partial charge in [-0.25, -0.2) is 0 Å². The second kappa shape index (κ2) is 9.17. The standard InChI is InChI=1S/C27H24BrClN4S/c1-16-14-21(11-12-23(16)28)33-26(25(31-27(33)34)24-6-4-5-13-30-24)22-15-17(2)32(18(22)3)20-9-7-19(29)8-10-20/h4-15,25-26H,1-3H3,(H,31,34)/t25-,26-/m0/s1. The molecule has 172 valence electrons. The number of rotatable bonds is 4. The van der Waals surface area contributed by atoms with Gasteiger partial charge in [0.25, 0.3) is 0 Å². The third-order valence-electron chi connectivity index (χ3n) is 6.39. The number of anilines is 1. The minimum Gasteiger partial charge on any atom is -0.351 e. The quantitative estimate of drug-likeness (QED) is 0.268. The third-order valence-corrected chi connectivity index (χ3v) is 7.85. The molecule has 2 aromatic heterocycles. The molecule has 7 heteroatoms. The van der Waals surface area contributed by atoms with Crippen molar-refractivity contribution >= 4 is 50.5 Å². The number of thiocarbonyl (C=S) groups is 1. The highest BCUT2D eigenvalue weighted by molar-refractivity contribution is 9.10. The van der Waals surface area contributed by atoms with Crippen LogP contribution in [0.5, 0.6) is 0 Å². The van der Waals surface area contributed by atoms with Crippen molar-refractivity contribution in [3.8, 4) is 5.69 Å². The summed E-state index contributed by atoms with van der Waals surface area (Å²) in [5.74, 6) is 0. The molecule has 5 rings (SSSR count). The Balaban J connectivity index is 1.68. The average Bonchev–Trinajstić information content (AvgIpc) is 3.32. The first-order valence-electron chi connectivity index (χ1n) is 11.1. The maximum Gasteiger partial charge on any atom is 0.174 e. The largest absolute Gasteiger partial charge is 0.351 e. The Kier molecular flexibility index (Phi) is 6.23. The van der Waals surface area contributed by atoms with Gasteiger partial charge in [-0.3, -0.25) is 4.98 Å². The van der Waals surface area contributed by atoms with Gasteiger partial charge in [-0.15, -0.1) is 0 Å². The van der Waals surface area contributed by atoms with Gasteiger partial charge in [-0.1, -0.05) is 33.6 Å². The predicted molar refractivity (Wildman–Crippen MR) is 147 cm³/mol. The van der Waals surface area contributed by atoms with E-state index in [1.165, 1.54) is 5.56 Å². The summed E-state index contributed by atoms with van der Waals surface area (Å²) >= 11 is 15.7. The zero-order valence-corrected chi connectivity index (χ0v) is 22.2. The fraction of sp³-hybridized carbons (Fsp3) is 0.185. The molecule has 0 amide bonds. The van der Waals surface area contributed by atoms with Gasteiger partial charge in [0.2, 0.25) is 0 Å². The molecule has 3 heterocycles. The van der Waals surface area contributed by atoms with E-state index in [-0.39, 0.29) is 12.1 Å². The van der Waals surface area contributed by atoms with Crippen LogP contribution in [-0.2, 0) is 0 Å². The van der Waals surface area contributed by atoms with Gasteiger partial charge < -0.3 is 14.8 Å². The van der Waals surface area contributed by atoms with Crippen LogP contribution in [-0.4, -0.2) is 14.7 Å². The highest BCUT2D eigenvalue weighted by Gasteiger charge is 2.42. The lowest BCUT2D eigenvalue weighted by atomic mass is 9.96. The molecule has 34 heavy (non-hydrogen) atoms.